The number of halogens is 1. The zero-order chi connectivity index (χ0) is 15.2. The van der Waals surface area contributed by atoms with E-state index in [-0.39, 0.29) is 12.5 Å². The van der Waals surface area contributed by atoms with Crippen LogP contribution in [0.2, 0.25) is 0 Å². The summed E-state index contributed by atoms with van der Waals surface area (Å²) in [6.45, 7) is 3.93. The Morgan fingerprint density at radius 2 is 1.67 bits per heavy atom. The lowest BCUT2D eigenvalue weighted by Gasteiger charge is -2.23. The van der Waals surface area contributed by atoms with Crippen LogP contribution in [0, 0.1) is 0 Å². The minimum atomic E-state index is -0.240. The Hall–Kier alpha value is -2.20. The highest BCUT2D eigenvalue weighted by molar-refractivity contribution is 9.10. The molecule has 0 fully saturated rings. The quantitative estimate of drug-likeness (QED) is 0.775. The minimum Gasteiger partial charge on any atom is -0.301 e. The van der Waals surface area contributed by atoms with Gasteiger partial charge in [0.15, 0.2) is 0 Å². The average Bonchev–Trinajstić information content (AvgIpc) is 2.53. The first-order valence-electron chi connectivity index (χ1n) is 6.39. The summed E-state index contributed by atoms with van der Waals surface area (Å²) in [5.74, 6) is -0.240. The van der Waals surface area contributed by atoms with Gasteiger partial charge in [-0.3, -0.25) is 4.79 Å². The van der Waals surface area contributed by atoms with Crippen molar-refractivity contribution in [2.45, 2.75) is 0 Å². The summed E-state index contributed by atoms with van der Waals surface area (Å²) in [5, 5.41) is 0. The van der Waals surface area contributed by atoms with Crippen LogP contribution in [0.15, 0.2) is 65.6 Å². The summed E-state index contributed by atoms with van der Waals surface area (Å²) in [6.07, 6.45) is 0.699. The van der Waals surface area contributed by atoms with Gasteiger partial charge in [-0.2, -0.15) is 0 Å². The summed E-state index contributed by atoms with van der Waals surface area (Å²) < 4.78 is 0.940. The number of hydrogen-bond donors (Lipinski definition) is 0. The molecule has 106 valence electrons. The number of hydrogen-bond acceptors (Lipinski definition) is 2. The van der Waals surface area contributed by atoms with E-state index in [1.807, 2.05) is 30.3 Å². The second-order valence-electron chi connectivity index (χ2n) is 4.40. The highest BCUT2D eigenvalue weighted by atomic mass is 79.9. The molecule has 4 heteroatoms. The van der Waals surface area contributed by atoms with E-state index < -0.39 is 0 Å². The van der Waals surface area contributed by atoms with E-state index in [0.29, 0.717) is 17.5 Å². The van der Waals surface area contributed by atoms with Gasteiger partial charge in [0.25, 0.3) is 5.91 Å². The Balaban J connectivity index is 2.30. The van der Waals surface area contributed by atoms with Gasteiger partial charge < -0.3 is 9.69 Å². The molecule has 0 saturated heterocycles. The second-order valence-corrected chi connectivity index (χ2v) is 5.32. The molecule has 0 bridgehead atoms. The monoisotopic (exact) mass is 343 g/mol. The van der Waals surface area contributed by atoms with Gasteiger partial charge in [-0.15, -0.1) is 0 Å². The Kier molecular flexibility index (Phi) is 5.06. The number of nitrogens with zero attached hydrogens (tertiary/aromatic N) is 1. The van der Waals surface area contributed by atoms with Crippen LogP contribution >= 0.6 is 15.9 Å². The van der Waals surface area contributed by atoms with Crippen molar-refractivity contribution in [1.82, 2.24) is 4.90 Å². The predicted molar refractivity (Wildman–Crippen MR) is 86.7 cm³/mol. The van der Waals surface area contributed by atoms with Gasteiger partial charge in [-0.05, 0) is 29.8 Å². The van der Waals surface area contributed by atoms with E-state index in [4.69, 9.17) is 0 Å². The van der Waals surface area contributed by atoms with Gasteiger partial charge >= 0.3 is 0 Å². The molecule has 0 aliphatic heterocycles. The molecule has 2 rings (SSSR count). The Morgan fingerprint density at radius 1 is 1.05 bits per heavy atom. The first kappa shape index (κ1) is 15.2. The Morgan fingerprint density at radius 3 is 2.24 bits per heavy atom. The number of rotatable bonds is 5. The molecule has 2 aromatic carbocycles. The third kappa shape index (κ3) is 3.67. The first-order chi connectivity index (χ1) is 10.1. The molecule has 1 amide bonds. The lowest BCUT2D eigenvalue weighted by Crippen LogP contribution is -2.30. The average molecular weight is 344 g/mol. The number of amides is 1. The van der Waals surface area contributed by atoms with E-state index in [2.05, 4.69) is 22.5 Å². The number of carbonyl (C=O) groups is 2. The molecule has 0 aliphatic rings. The smallest absolute Gasteiger partial charge is 0.258 e. The fourth-order valence-corrected chi connectivity index (χ4v) is 2.19. The van der Waals surface area contributed by atoms with Crippen molar-refractivity contribution in [3.63, 3.8) is 0 Å². The summed E-state index contributed by atoms with van der Waals surface area (Å²) in [7, 11) is 0. The van der Waals surface area contributed by atoms with Gasteiger partial charge in [0, 0.05) is 15.7 Å². The van der Waals surface area contributed by atoms with Gasteiger partial charge in [0.05, 0.1) is 6.54 Å². The molecule has 0 radical (unpaired) electrons. The van der Waals surface area contributed by atoms with Gasteiger partial charge in [-0.25, -0.2) is 0 Å². The molecule has 0 heterocycles. The van der Waals surface area contributed by atoms with Crippen molar-refractivity contribution >= 4 is 33.8 Å². The highest BCUT2D eigenvalue weighted by Gasteiger charge is 2.19. The standard InChI is InChI=1S/C17H14BrNO2/c1-13(14-7-9-16(18)10-8-14)19(11-12-20)17(21)15-5-3-2-4-6-15/h2-10,12H,1,11H2. The number of aldehydes is 1. The number of carbonyl (C=O) groups excluding carboxylic acids is 2. The fraction of sp³-hybridized carbons (Fsp3) is 0.0588. The SMILES string of the molecule is C=C(c1ccc(Br)cc1)N(CC=O)C(=O)c1ccccc1. The minimum absolute atomic E-state index is 0.0252. The molecule has 0 aromatic heterocycles. The topological polar surface area (TPSA) is 37.4 Å². The lowest BCUT2D eigenvalue weighted by atomic mass is 10.1. The molecule has 3 nitrogen and oxygen atoms in total. The van der Waals surface area contributed by atoms with Crippen molar-refractivity contribution in [2.24, 2.45) is 0 Å². The molecule has 0 aliphatic carbocycles. The molecule has 0 saturated carbocycles. The number of benzene rings is 2. The van der Waals surface area contributed by atoms with Gasteiger partial charge in [0.2, 0.25) is 0 Å². The van der Waals surface area contributed by atoms with Crippen molar-refractivity contribution in [2.75, 3.05) is 6.54 Å². The zero-order valence-electron chi connectivity index (χ0n) is 11.3. The Bertz CT molecular complexity index is 650. The van der Waals surface area contributed by atoms with E-state index in [9.17, 15) is 9.59 Å². The van der Waals surface area contributed by atoms with E-state index in [1.165, 1.54) is 4.90 Å². The van der Waals surface area contributed by atoms with Crippen molar-refractivity contribution < 1.29 is 9.59 Å². The van der Waals surface area contributed by atoms with Gasteiger partial charge in [0.1, 0.15) is 6.29 Å². The summed E-state index contributed by atoms with van der Waals surface area (Å²) in [4.78, 5) is 24.8. The van der Waals surface area contributed by atoms with Gasteiger partial charge in [-0.1, -0.05) is 52.8 Å². The summed E-state index contributed by atoms with van der Waals surface area (Å²) in [5.41, 5.74) is 1.82. The van der Waals surface area contributed by atoms with Crippen LogP contribution in [0.25, 0.3) is 5.70 Å². The molecular formula is C17H14BrNO2. The van der Waals surface area contributed by atoms with Crippen LogP contribution < -0.4 is 0 Å². The van der Waals surface area contributed by atoms with Crippen LogP contribution in [-0.4, -0.2) is 23.6 Å². The normalized spacial score (nSPS) is 9.95. The molecule has 0 unspecified atom stereocenters. The fourth-order valence-electron chi connectivity index (χ4n) is 1.92. The van der Waals surface area contributed by atoms with Crippen molar-refractivity contribution in [3.05, 3.63) is 76.8 Å². The molecule has 0 N–H and O–H groups in total. The maximum absolute atomic E-state index is 12.5. The van der Waals surface area contributed by atoms with Crippen LogP contribution in [0.4, 0.5) is 0 Å². The van der Waals surface area contributed by atoms with Crippen molar-refractivity contribution in [1.29, 1.82) is 0 Å². The second kappa shape index (κ2) is 6.99. The molecule has 21 heavy (non-hydrogen) atoms. The zero-order valence-corrected chi connectivity index (χ0v) is 12.9. The molecule has 0 atom stereocenters. The van der Waals surface area contributed by atoms with E-state index >= 15 is 0 Å². The highest BCUT2D eigenvalue weighted by Crippen LogP contribution is 2.21. The molecular weight excluding hydrogens is 330 g/mol. The van der Waals surface area contributed by atoms with Crippen molar-refractivity contribution in [3.8, 4) is 0 Å². The summed E-state index contributed by atoms with van der Waals surface area (Å²) in [6, 6.07) is 16.3. The molecule has 0 spiro atoms. The van der Waals surface area contributed by atoms with Crippen LogP contribution in [-0.2, 0) is 4.79 Å². The Labute approximate surface area is 132 Å². The maximum Gasteiger partial charge on any atom is 0.258 e. The third-order valence-electron chi connectivity index (χ3n) is 3.03. The lowest BCUT2D eigenvalue weighted by molar-refractivity contribution is -0.108. The predicted octanol–water partition coefficient (Wildman–Crippen LogP) is 3.76. The van der Waals surface area contributed by atoms with Crippen LogP contribution in [0.5, 0.6) is 0 Å². The van der Waals surface area contributed by atoms with E-state index in [1.54, 1.807) is 24.3 Å². The van der Waals surface area contributed by atoms with Crippen LogP contribution in [0.3, 0.4) is 0 Å². The van der Waals surface area contributed by atoms with Crippen LogP contribution in [0.1, 0.15) is 15.9 Å². The first-order valence-corrected chi connectivity index (χ1v) is 7.18. The largest absolute Gasteiger partial charge is 0.301 e. The van der Waals surface area contributed by atoms with E-state index in [0.717, 1.165) is 10.0 Å². The third-order valence-corrected chi connectivity index (χ3v) is 3.55. The molecule has 2 aromatic rings. The maximum atomic E-state index is 12.5. The summed E-state index contributed by atoms with van der Waals surface area (Å²) >= 11 is 3.36.